The Bertz CT molecular complexity index is 629. The number of thioether (sulfide) groups is 1. The highest BCUT2D eigenvalue weighted by molar-refractivity contribution is 8.00. The number of hydrogen-bond acceptors (Lipinski definition) is 3. The van der Waals surface area contributed by atoms with Crippen molar-refractivity contribution in [1.82, 2.24) is 10.6 Å². The summed E-state index contributed by atoms with van der Waals surface area (Å²) in [5.41, 5.74) is 1.19. The molecule has 0 fully saturated rings. The third kappa shape index (κ3) is 6.16. The zero-order chi connectivity index (χ0) is 17.2. The molecule has 0 amide bonds. The zero-order valence-electron chi connectivity index (χ0n) is 14.5. The monoisotopic (exact) mass is 343 g/mol. The molecule has 0 aromatic heterocycles. The van der Waals surface area contributed by atoms with Gasteiger partial charge in [0.25, 0.3) is 0 Å². The van der Waals surface area contributed by atoms with E-state index in [2.05, 4.69) is 46.8 Å². The fraction of sp³-hybridized carbons (Fsp3) is 0.316. The van der Waals surface area contributed by atoms with Gasteiger partial charge < -0.3 is 15.4 Å². The molecule has 2 N–H and O–H groups in total. The van der Waals surface area contributed by atoms with E-state index < -0.39 is 0 Å². The second-order valence-corrected chi connectivity index (χ2v) is 6.91. The molecule has 4 nitrogen and oxygen atoms in total. The average molecular weight is 343 g/mol. The SMILES string of the molecule is CN=C(NCc1ccc(OC)cc1)NCC(C)Sc1ccccc1. The van der Waals surface area contributed by atoms with E-state index in [4.69, 9.17) is 4.74 Å². The lowest BCUT2D eigenvalue weighted by molar-refractivity contribution is 0.414. The highest BCUT2D eigenvalue weighted by Crippen LogP contribution is 2.21. The Hall–Kier alpha value is -2.14. The van der Waals surface area contributed by atoms with Crippen molar-refractivity contribution in [2.75, 3.05) is 20.7 Å². The smallest absolute Gasteiger partial charge is 0.191 e. The number of rotatable bonds is 7. The maximum atomic E-state index is 5.17. The second kappa shape index (κ2) is 9.88. The molecule has 1 unspecified atom stereocenters. The van der Waals surface area contributed by atoms with Crippen LogP contribution in [0.1, 0.15) is 12.5 Å². The normalized spacial score (nSPS) is 12.5. The van der Waals surface area contributed by atoms with E-state index in [9.17, 15) is 0 Å². The molecule has 2 aromatic carbocycles. The third-order valence-electron chi connectivity index (χ3n) is 3.48. The minimum absolute atomic E-state index is 0.451. The summed E-state index contributed by atoms with van der Waals surface area (Å²) >= 11 is 1.86. The molecule has 0 saturated heterocycles. The van der Waals surface area contributed by atoms with Gasteiger partial charge in [-0.15, -0.1) is 11.8 Å². The molecule has 0 aliphatic rings. The van der Waals surface area contributed by atoms with Crippen LogP contribution in [0, 0.1) is 0 Å². The van der Waals surface area contributed by atoms with Gasteiger partial charge in [0.1, 0.15) is 5.75 Å². The van der Waals surface area contributed by atoms with E-state index in [1.54, 1.807) is 14.2 Å². The van der Waals surface area contributed by atoms with Crippen molar-refractivity contribution in [3.8, 4) is 5.75 Å². The molecular weight excluding hydrogens is 318 g/mol. The number of hydrogen-bond donors (Lipinski definition) is 2. The first kappa shape index (κ1) is 18.2. The summed E-state index contributed by atoms with van der Waals surface area (Å²) in [5, 5.41) is 7.16. The van der Waals surface area contributed by atoms with Crippen molar-refractivity contribution >= 4 is 17.7 Å². The minimum atomic E-state index is 0.451. The summed E-state index contributed by atoms with van der Waals surface area (Å²) in [5.74, 6) is 1.68. The van der Waals surface area contributed by atoms with Crippen LogP contribution in [0.2, 0.25) is 0 Å². The van der Waals surface area contributed by atoms with Crippen LogP contribution < -0.4 is 15.4 Å². The Morgan fingerprint density at radius 2 is 1.79 bits per heavy atom. The van der Waals surface area contributed by atoms with Crippen LogP contribution in [0.25, 0.3) is 0 Å². The fourth-order valence-electron chi connectivity index (χ4n) is 2.16. The van der Waals surface area contributed by atoms with Crippen molar-refractivity contribution in [1.29, 1.82) is 0 Å². The molecule has 0 heterocycles. The second-order valence-electron chi connectivity index (χ2n) is 5.40. The first-order chi connectivity index (χ1) is 11.7. The van der Waals surface area contributed by atoms with E-state index in [-0.39, 0.29) is 0 Å². The molecule has 2 rings (SSSR count). The summed E-state index contributed by atoms with van der Waals surface area (Å²) < 4.78 is 5.17. The number of aliphatic imine (C=N–C) groups is 1. The Morgan fingerprint density at radius 3 is 2.42 bits per heavy atom. The molecular formula is C19H25N3OS. The zero-order valence-corrected chi connectivity index (χ0v) is 15.3. The maximum absolute atomic E-state index is 5.17. The Morgan fingerprint density at radius 1 is 1.08 bits per heavy atom. The summed E-state index contributed by atoms with van der Waals surface area (Å²) in [6.07, 6.45) is 0. The summed E-state index contributed by atoms with van der Waals surface area (Å²) in [6.45, 7) is 3.78. The lowest BCUT2D eigenvalue weighted by atomic mass is 10.2. The van der Waals surface area contributed by atoms with E-state index in [1.165, 1.54) is 10.5 Å². The highest BCUT2D eigenvalue weighted by Gasteiger charge is 2.06. The van der Waals surface area contributed by atoms with Gasteiger partial charge in [-0.2, -0.15) is 0 Å². The topological polar surface area (TPSA) is 45.7 Å². The molecule has 2 aromatic rings. The molecule has 0 aliphatic carbocycles. The summed E-state index contributed by atoms with van der Waals surface area (Å²) in [6, 6.07) is 18.5. The number of methoxy groups -OCH3 is 1. The van der Waals surface area contributed by atoms with Crippen molar-refractivity contribution in [3.05, 3.63) is 60.2 Å². The number of guanidine groups is 1. The lowest BCUT2D eigenvalue weighted by Gasteiger charge is -2.16. The van der Waals surface area contributed by atoms with Gasteiger partial charge in [0, 0.05) is 30.3 Å². The first-order valence-corrected chi connectivity index (χ1v) is 8.88. The Kier molecular flexibility index (Phi) is 7.49. The van der Waals surface area contributed by atoms with Crippen molar-refractivity contribution in [3.63, 3.8) is 0 Å². The van der Waals surface area contributed by atoms with Gasteiger partial charge in [0.2, 0.25) is 0 Å². The molecule has 0 saturated carbocycles. The van der Waals surface area contributed by atoms with Crippen LogP contribution in [-0.4, -0.2) is 31.9 Å². The summed E-state index contributed by atoms with van der Waals surface area (Å²) in [7, 11) is 3.46. The minimum Gasteiger partial charge on any atom is -0.497 e. The predicted molar refractivity (Wildman–Crippen MR) is 103 cm³/mol. The Labute approximate surface area is 148 Å². The third-order valence-corrected chi connectivity index (χ3v) is 4.59. The molecule has 24 heavy (non-hydrogen) atoms. The van der Waals surface area contributed by atoms with Gasteiger partial charge in [0.05, 0.1) is 7.11 Å². The van der Waals surface area contributed by atoms with Gasteiger partial charge in [-0.25, -0.2) is 0 Å². The molecule has 0 bridgehead atoms. The molecule has 1 atom stereocenters. The molecule has 0 aliphatic heterocycles. The van der Waals surface area contributed by atoms with Crippen LogP contribution in [-0.2, 0) is 6.54 Å². The van der Waals surface area contributed by atoms with Crippen LogP contribution in [0.4, 0.5) is 0 Å². The van der Waals surface area contributed by atoms with Crippen LogP contribution in [0.15, 0.2) is 64.5 Å². The van der Waals surface area contributed by atoms with Crippen molar-refractivity contribution in [2.45, 2.75) is 23.6 Å². The van der Waals surface area contributed by atoms with E-state index in [0.717, 1.165) is 24.8 Å². The number of benzene rings is 2. The maximum Gasteiger partial charge on any atom is 0.191 e. The van der Waals surface area contributed by atoms with Gasteiger partial charge in [-0.1, -0.05) is 37.3 Å². The molecule has 128 valence electrons. The number of nitrogens with zero attached hydrogens (tertiary/aromatic N) is 1. The summed E-state index contributed by atoms with van der Waals surface area (Å²) in [4.78, 5) is 5.56. The van der Waals surface area contributed by atoms with Crippen molar-refractivity contribution in [2.24, 2.45) is 4.99 Å². The first-order valence-electron chi connectivity index (χ1n) is 8.00. The molecule has 0 spiro atoms. The molecule has 0 radical (unpaired) electrons. The lowest BCUT2D eigenvalue weighted by Crippen LogP contribution is -2.39. The van der Waals surface area contributed by atoms with E-state index in [0.29, 0.717) is 5.25 Å². The highest BCUT2D eigenvalue weighted by atomic mass is 32.2. The number of nitrogens with one attached hydrogen (secondary N) is 2. The quantitative estimate of drug-likeness (QED) is 0.458. The van der Waals surface area contributed by atoms with Gasteiger partial charge >= 0.3 is 0 Å². The van der Waals surface area contributed by atoms with Crippen molar-refractivity contribution < 1.29 is 4.74 Å². The van der Waals surface area contributed by atoms with Crippen LogP contribution in [0.3, 0.4) is 0 Å². The fourth-order valence-corrected chi connectivity index (χ4v) is 3.11. The largest absolute Gasteiger partial charge is 0.497 e. The number of ether oxygens (including phenoxy) is 1. The van der Waals surface area contributed by atoms with Gasteiger partial charge in [-0.3, -0.25) is 4.99 Å². The van der Waals surface area contributed by atoms with Crippen LogP contribution >= 0.6 is 11.8 Å². The van der Waals surface area contributed by atoms with Crippen LogP contribution in [0.5, 0.6) is 5.75 Å². The van der Waals surface area contributed by atoms with Gasteiger partial charge in [0.15, 0.2) is 5.96 Å². The van der Waals surface area contributed by atoms with E-state index in [1.807, 2.05) is 42.1 Å². The molecule has 5 heteroatoms. The standard InChI is InChI=1S/C19H25N3OS/c1-15(24-18-7-5-4-6-8-18)13-21-19(20-2)22-14-16-9-11-17(23-3)12-10-16/h4-12,15H,13-14H2,1-3H3,(H2,20,21,22). The Balaban J connectivity index is 1.75. The van der Waals surface area contributed by atoms with E-state index >= 15 is 0 Å². The van der Waals surface area contributed by atoms with Gasteiger partial charge in [-0.05, 0) is 29.8 Å². The predicted octanol–water partition coefficient (Wildman–Crippen LogP) is 3.54. The average Bonchev–Trinajstić information content (AvgIpc) is 2.63.